The molecule has 1 amide bonds. The summed E-state index contributed by atoms with van der Waals surface area (Å²) in [5, 5.41) is 0.773. The minimum absolute atomic E-state index is 0.00328. The zero-order valence-corrected chi connectivity index (χ0v) is 11.7. The molecular weight excluding hydrogens is 273 g/mol. The number of ether oxygens (including phenoxy) is 1. The Balaban J connectivity index is 2.04. The zero-order chi connectivity index (χ0) is 13.1. The number of amides is 1. The molecule has 3 nitrogen and oxygen atoms in total. The van der Waals surface area contributed by atoms with E-state index >= 15 is 0 Å². The maximum Gasteiger partial charge on any atom is 0.263 e. The van der Waals surface area contributed by atoms with Crippen molar-refractivity contribution in [2.75, 3.05) is 13.1 Å². The number of hydrogen-bond donors (Lipinski definition) is 0. The Bertz CT molecular complexity index is 445. The maximum atomic E-state index is 12.1. The van der Waals surface area contributed by atoms with Crippen molar-refractivity contribution in [3.8, 4) is 5.75 Å². The van der Waals surface area contributed by atoms with Crippen LogP contribution >= 0.6 is 23.2 Å². The summed E-state index contributed by atoms with van der Waals surface area (Å²) >= 11 is 11.9. The predicted octanol–water partition coefficient (Wildman–Crippen LogP) is 3.38. The fourth-order valence-electron chi connectivity index (χ4n) is 2.01. The molecule has 18 heavy (non-hydrogen) atoms. The molecule has 0 aliphatic carbocycles. The van der Waals surface area contributed by atoms with Gasteiger partial charge in [-0.1, -0.05) is 29.3 Å². The van der Waals surface area contributed by atoms with Gasteiger partial charge in [-0.15, -0.1) is 0 Å². The van der Waals surface area contributed by atoms with E-state index in [0.29, 0.717) is 15.8 Å². The summed E-state index contributed by atoms with van der Waals surface area (Å²) in [5.41, 5.74) is 0. The van der Waals surface area contributed by atoms with Gasteiger partial charge in [-0.3, -0.25) is 4.79 Å². The van der Waals surface area contributed by atoms with E-state index in [-0.39, 0.29) is 5.91 Å². The highest BCUT2D eigenvalue weighted by Gasteiger charge is 2.25. The summed E-state index contributed by atoms with van der Waals surface area (Å²) < 4.78 is 5.59. The van der Waals surface area contributed by atoms with Gasteiger partial charge in [-0.2, -0.15) is 0 Å². The van der Waals surface area contributed by atoms with Gasteiger partial charge < -0.3 is 9.64 Å². The van der Waals surface area contributed by atoms with Crippen molar-refractivity contribution in [3.05, 3.63) is 28.2 Å². The number of rotatable bonds is 3. The molecule has 0 spiro atoms. The molecule has 98 valence electrons. The van der Waals surface area contributed by atoms with E-state index < -0.39 is 6.10 Å². The highest BCUT2D eigenvalue weighted by atomic mass is 35.5. The zero-order valence-electron chi connectivity index (χ0n) is 10.2. The summed E-state index contributed by atoms with van der Waals surface area (Å²) in [6.45, 7) is 3.36. The van der Waals surface area contributed by atoms with Crippen molar-refractivity contribution in [2.24, 2.45) is 0 Å². The smallest absolute Gasteiger partial charge is 0.263 e. The molecule has 0 N–H and O–H groups in total. The Hall–Kier alpha value is -0.930. The van der Waals surface area contributed by atoms with Gasteiger partial charge in [-0.05, 0) is 31.9 Å². The fraction of sp³-hybridized carbons (Fsp3) is 0.462. The van der Waals surface area contributed by atoms with Crippen LogP contribution in [0.2, 0.25) is 10.0 Å². The average Bonchev–Trinajstić information content (AvgIpc) is 2.87. The van der Waals surface area contributed by atoms with Crippen molar-refractivity contribution in [1.29, 1.82) is 0 Å². The van der Waals surface area contributed by atoms with E-state index in [1.165, 1.54) is 0 Å². The van der Waals surface area contributed by atoms with Gasteiger partial charge in [0, 0.05) is 13.1 Å². The lowest BCUT2D eigenvalue weighted by Crippen LogP contribution is -2.38. The van der Waals surface area contributed by atoms with E-state index in [4.69, 9.17) is 27.9 Å². The van der Waals surface area contributed by atoms with Crippen LogP contribution in [0.5, 0.6) is 5.75 Å². The molecule has 1 fully saturated rings. The molecule has 1 atom stereocenters. The van der Waals surface area contributed by atoms with Crippen LogP contribution in [0.3, 0.4) is 0 Å². The Labute approximate surface area is 117 Å². The number of carbonyl (C=O) groups is 1. The number of carbonyl (C=O) groups excluding carboxylic acids is 1. The summed E-state index contributed by atoms with van der Waals surface area (Å²) in [6.07, 6.45) is 1.59. The first-order chi connectivity index (χ1) is 8.59. The lowest BCUT2D eigenvalue weighted by atomic mass is 10.3. The van der Waals surface area contributed by atoms with Gasteiger partial charge >= 0.3 is 0 Å². The highest BCUT2D eigenvalue weighted by molar-refractivity contribution is 6.42. The second kappa shape index (κ2) is 5.81. The van der Waals surface area contributed by atoms with E-state index in [1.54, 1.807) is 25.1 Å². The standard InChI is InChI=1S/C13H15Cl2NO2/c1-9(13(17)16-7-2-3-8-16)18-11-6-4-5-10(14)12(11)15/h4-6,9H,2-3,7-8H2,1H3. The first-order valence-corrected chi connectivity index (χ1v) is 6.74. The Morgan fingerprint density at radius 2 is 2.00 bits per heavy atom. The van der Waals surface area contributed by atoms with Crippen molar-refractivity contribution in [3.63, 3.8) is 0 Å². The third kappa shape index (κ3) is 2.90. The minimum Gasteiger partial charge on any atom is -0.479 e. The molecule has 1 aliphatic rings. The molecule has 0 bridgehead atoms. The quantitative estimate of drug-likeness (QED) is 0.853. The summed E-state index contributed by atoms with van der Waals surface area (Å²) in [6, 6.07) is 5.14. The largest absolute Gasteiger partial charge is 0.479 e. The van der Waals surface area contributed by atoms with Crippen molar-refractivity contribution < 1.29 is 9.53 Å². The Kier molecular flexibility index (Phi) is 4.36. The molecule has 0 saturated carbocycles. The van der Waals surface area contributed by atoms with E-state index in [2.05, 4.69) is 0 Å². The minimum atomic E-state index is -0.543. The summed E-state index contributed by atoms with van der Waals surface area (Å²) in [4.78, 5) is 13.9. The SMILES string of the molecule is CC(Oc1cccc(Cl)c1Cl)C(=O)N1CCCC1. The van der Waals surface area contributed by atoms with E-state index in [9.17, 15) is 4.79 Å². The average molecular weight is 288 g/mol. The van der Waals surface area contributed by atoms with Gasteiger partial charge in [0.05, 0.1) is 5.02 Å². The van der Waals surface area contributed by atoms with Gasteiger partial charge in [-0.25, -0.2) is 0 Å². The van der Waals surface area contributed by atoms with Crippen molar-refractivity contribution in [2.45, 2.75) is 25.9 Å². The number of halogens is 2. The fourth-order valence-corrected chi connectivity index (χ4v) is 2.35. The lowest BCUT2D eigenvalue weighted by Gasteiger charge is -2.21. The Morgan fingerprint density at radius 3 is 2.67 bits per heavy atom. The van der Waals surface area contributed by atoms with Gasteiger partial charge in [0.2, 0.25) is 0 Å². The van der Waals surface area contributed by atoms with Crippen LogP contribution in [-0.2, 0) is 4.79 Å². The second-order valence-corrected chi connectivity index (χ2v) is 5.13. The highest BCUT2D eigenvalue weighted by Crippen LogP contribution is 2.32. The van der Waals surface area contributed by atoms with Crippen LogP contribution in [0.4, 0.5) is 0 Å². The summed E-state index contributed by atoms with van der Waals surface area (Å²) in [5.74, 6) is 0.452. The molecule has 1 heterocycles. The van der Waals surface area contributed by atoms with Gasteiger partial charge in [0.1, 0.15) is 10.8 Å². The molecule has 2 rings (SSSR count). The number of nitrogens with zero attached hydrogens (tertiary/aromatic N) is 1. The molecular formula is C13H15Cl2NO2. The molecule has 5 heteroatoms. The van der Waals surface area contributed by atoms with Crippen molar-refractivity contribution >= 4 is 29.1 Å². The van der Waals surface area contributed by atoms with Crippen molar-refractivity contribution in [1.82, 2.24) is 4.90 Å². The normalized spacial score (nSPS) is 16.7. The topological polar surface area (TPSA) is 29.5 Å². The number of likely N-dealkylation sites (tertiary alicyclic amines) is 1. The number of benzene rings is 1. The Morgan fingerprint density at radius 1 is 1.33 bits per heavy atom. The third-order valence-corrected chi connectivity index (χ3v) is 3.79. The van der Waals surface area contributed by atoms with Gasteiger partial charge in [0.25, 0.3) is 5.91 Å². The monoisotopic (exact) mass is 287 g/mol. The van der Waals surface area contributed by atoms with Crippen LogP contribution in [0, 0.1) is 0 Å². The molecule has 1 aromatic rings. The molecule has 1 aliphatic heterocycles. The molecule has 1 unspecified atom stereocenters. The molecule has 0 aromatic heterocycles. The molecule has 1 aromatic carbocycles. The van der Waals surface area contributed by atoms with Crippen LogP contribution in [0.15, 0.2) is 18.2 Å². The van der Waals surface area contributed by atoms with Crippen LogP contribution in [-0.4, -0.2) is 30.0 Å². The summed E-state index contributed by atoms with van der Waals surface area (Å²) in [7, 11) is 0. The third-order valence-electron chi connectivity index (χ3n) is 2.99. The van der Waals surface area contributed by atoms with Gasteiger partial charge in [0.15, 0.2) is 6.10 Å². The van der Waals surface area contributed by atoms with E-state index in [1.807, 2.05) is 4.90 Å². The first-order valence-electron chi connectivity index (χ1n) is 5.99. The predicted molar refractivity (Wildman–Crippen MR) is 72.4 cm³/mol. The maximum absolute atomic E-state index is 12.1. The van der Waals surface area contributed by atoms with Crippen LogP contribution < -0.4 is 4.74 Å². The molecule has 0 radical (unpaired) electrons. The first kappa shape index (κ1) is 13.5. The van der Waals surface area contributed by atoms with Crippen LogP contribution in [0.25, 0.3) is 0 Å². The second-order valence-electron chi connectivity index (χ2n) is 4.34. The lowest BCUT2D eigenvalue weighted by molar-refractivity contribution is -0.136. The number of hydrogen-bond acceptors (Lipinski definition) is 2. The van der Waals surface area contributed by atoms with Crippen LogP contribution in [0.1, 0.15) is 19.8 Å². The molecule has 1 saturated heterocycles. The van der Waals surface area contributed by atoms with E-state index in [0.717, 1.165) is 25.9 Å².